The molecule has 0 amide bonds. The molecule has 0 atom stereocenters. The number of rotatable bonds is 2. The molecule has 0 aliphatic heterocycles. The van der Waals surface area contributed by atoms with Gasteiger partial charge in [-0.15, -0.1) is 0 Å². The van der Waals surface area contributed by atoms with Crippen molar-refractivity contribution in [2.24, 2.45) is 0 Å². The summed E-state index contributed by atoms with van der Waals surface area (Å²) in [6.07, 6.45) is 0. The van der Waals surface area contributed by atoms with Crippen molar-refractivity contribution >= 4 is 60.7 Å². The van der Waals surface area contributed by atoms with E-state index in [0.717, 1.165) is 21.5 Å². The van der Waals surface area contributed by atoms with Gasteiger partial charge in [0.15, 0.2) is 0 Å². The number of hydrogen-bond acceptors (Lipinski definition) is 2. The highest BCUT2D eigenvalue weighted by atomic mass is 35.5. The summed E-state index contributed by atoms with van der Waals surface area (Å²) in [6.45, 7) is 2.11. The lowest BCUT2D eigenvalue weighted by Gasteiger charge is -2.11. The van der Waals surface area contributed by atoms with Crippen LogP contribution in [0.4, 0.5) is 0 Å². The Balaban J connectivity index is 1.83. The minimum atomic E-state index is -0.385. The molecule has 0 fully saturated rings. The van der Waals surface area contributed by atoms with Gasteiger partial charge in [0, 0.05) is 0 Å². The molecule has 0 aromatic heterocycles. The summed E-state index contributed by atoms with van der Waals surface area (Å²) in [5.41, 5.74) is 0.432. The standard InChI is InChI=1S/C25H17ClO2/c1-2-28-25(27)24-22-14-21-13-19-10-16-6-4-3-5-15(16)9-18(19)12-20(21)11-17(22)7-8-23(24)26/h3-14H,2H2,1H3. The van der Waals surface area contributed by atoms with Crippen LogP contribution in [0.15, 0.2) is 72.8 Å². The van der Waals surface area contributed by atoms with Gasteiger partial charge in [-0.1, -0.05) is 41.9 Å². The maximum absolute atomic E-state index is 12.5. The maximum atomic E-state index is 12.5. The smallest absolute Gasteiger partial charge is 0.340 e. The normalized spacial score (nSPS) is 11.5. The molecule has 28 heavy (non-hydrogen) atoms. The topological polar surface area (TPSA) is 26.3 Å². The van der Waals surface area contributed by atoms with Gasteiger partial charge in [-0.3, -0.25) is 0 Å². The third-order valence-electron chi connectivity index (χ3n) is 5.23. The fourth-order valence-corrected chi connectivity index (χ4v) is 4.14. The fraction of sp³-hybridized carbons (Fsp3) is 0.0800. The van der Waals surface area contributed by atoms with Crippen LogP contribution in [0.3, 0.4) is 0 Å². The van der Waals surface area contributed by atoms with E-state index < -0.39 is 0 Å². The number of carbonyl (C=O) groups excluding carboxylic acids is 1. The summed E-state index contributed by atoms with van der Waals surface area (Å²) in [7, 11) is 0. The van der Waals surface area contributed by atoms with Gasteiger partial charge in [0.2, 0.25) is 0 Å². The van der Waals surface area contributed by atoms with Crippen molar-refractivity contribution < 1.29 is 9.53 Å². The lowest BCUT2D eigenvalue weighted by molar-refractivity contribution is 0.0529. The van der Waals surface area contributed by atoms with Gasteiger partial charge in [0.1, 0.15) is 0 Å². The molecule has 0 aliphatic carbocycles. The number of fused-ring (bicyclic) bond motifs is 4. The Bertz CT molecular complexity index is 1400. The zero-order valence-corrected chi connectivity index (χ0v) is 16.1. The van der Waals surface area contributed by atoms with Gasteiger partial charge in [-0.25, -0.2) is 4.79 Å². The van der Waals surface area contributed by atoms with Crippen molar-refractivity contribution in [3.8, 4) is 0 Å². The van der Waals surface area contributed by atoms with Crippen molar-refractivity contribution in [1.82, 2.24) is 0 Å². The van der Waals surface area contributed by atoms with Crippen LogP contribution in [0.5, 0.6) is 0 Å². The minimum Gasteiger partial charge on any atom is -0.462 e. The van der Waals surface area contributed by atoms with Crippen molar-refractivity contribution in [2.75, 3.05) is 6.61 Å². The van der Waals surface area contributed by atoms with Crippen LogP contribution in [0.25, 0.3) is 43.1 Å². The molecule has 0 bridgehead atoms. The van der Waals surface area contributed by atoms with E-state index in [4.69, 9.17) is 16.3 Å². The first-order valence-electron chi connectivity index (χ1n) is 9.30. The van der Waals surface area contributed by atoms with Gasteiger partial charge in [-0.05, 0) is 92.5 Å². The number of halogens is 1. The summed E-state index contributed by atoms with van der Waals surface area (Å²) in [5.74, 6) is -0.385. The second-order valence-corrected chi connectivity index (χ2v) is 7.37. The summed E-state index contributed by atoms with van der Waals surface area (Å²) in [6, 6.07) is 25.0. The van der Waals surface area contributed by atoms with Crippen LogP contribution >= 0.6 is 11.6 Å². The van der Waals surface area contributed by atoms with Gasteiger partial charge in [0.05, 0.1) is 17.2 Å². The molecular formula is C25H17ClO2. The third-order valence-corrected chi connectivity index (χ3v) is 5.54. The van der Waals surface area contributed by atoms with Crippen LogP contribution in [0, 0.1) is 0 Å². The molecule has 0 unspecified atom stereocenters. The molecule has 0 saturated heterocycles. The monoisotopic (exact) mass is 384 g/mol. The molecule has 2 nitrogen and oxygen atoms in total. The summed E-state index contributed by atoms with van der Waals surface area (Å²) in [5, 5.41) is 9.22. The number of ether oxygens (including phenoxy) is 1. The Morgan fingerprint density at radius 2 is 1.29 bits per heavy atom. The highest BCUT2D eigenvalue weighted by Gasteiger charge is 2.16. The van der Waals surface area contributed by atoms with Crippen LogP contribution in [0.1, 0.15) is 17.3 Å². The van der Waals surface area contributed by atoms with E-state index in [1.54, 1.807) is 13.0 Å². The highest BCUT2D eigenvalue weighted by molar-refractivity contribution is 6.35. The van der Waals surface area contributed by atoms with Crippen molar-refractivity contribution in [2.45, 2.75) is 6.92 Å². The van der Waals surface area contributed by atoms with E-state index in [0.29, 0.717) is 17.2 Å². The zero-order chi connectivity index (χ0) is 19.3. The molecule has 0 spiro atoms. The van der Waals surface area contributed by atoms with Crippen LogP contribution in [0.2, 0.25) is 5.02 Å². The van der Waals surface area contributed by atoms with E-state index in [1.165, 1.54) is 21.5 Å². The first-order chi connectivity index (χ1) is 13.6. The molecule has 5 aromatic carbocycles. The van der Waals surface area contributed by atoms with E-state index in [-0.39, 0.29) is 5.97 Å². The highest BCUT2D eigenvalue weighted by Crippen LogP contribution is 2.33. The van der Waals surface area contributed by atoms with Gasteiger partial charge in [-0.2, -0.15) is 0 Å². The summed E-state index contributed by atoms with van der Waals surface area (Å²) >= 11 is 6.34. The molecular weight excluding hydrogens is 368 g/mol. The molecule has 0 saturated carbocycles. The first-order valence-corrected chi connectivity index (χ1v) is 9.67. The predicted octanol–water partition coefficient (Wildman–Crippen LogP) is 7.13. The Kier molecular flexibility index (Phi) is 3.96. The van der Waals surface area contributed by atoms with E-state index in [1.807, 2.05) is 12.1 Å². The lowest BCUT2D eigenvalue weighted by atomic mass is 9.96. The number of hydrogen-bond donors (Lipinski definition) is 0. The number of esters is 1. The molecule has 0 radical (unpaired) electrons. The molecule has 0 heterocycles. The van der Waals surface area contributed by atoms with Gasteiger partial charge < -0.3 is 4.74 Å². The average molecular weight is 385 g/mol. The third kappa shape index (κ3) is 2.69. The Morgan fingerprint density at radius 1 is 0.750 bits per heavy atom. The summed E-state index contributed by atoms with van der Waals surface area (Å²) < 4.78 is 5.22. The second-order valence-electron chi connectivity index (χ2n) is 6.96. The Hall–Kier alpha value is -3.10. The molecule has 136 valence electrons. The molecule has 0 N–H and O–H groups in total. The SMILES string of the molecule is CCOC(=O)c1c(Cl)ccc2cc3cc4cc5ccccc5cc4cc3cc12. The van der Waals surface area contributed by atoms with E-state index in [2.05, 4.69) is 54.6 Å². The van der Waals surface area contributed by atoms with Crippen LogP contribution in [-0.2, 0) is 4.74 Å². The Morgan fingerprint density at radius 3 is 1.89 bits per heavy atom. The predicted molar refractivity (Wildman–Crippen MR) is 117 cm³/mol. The number of carbonyl (C=O) groups is 1. The zero-order valence-electron chi connectivity index (χ0n) is 15.3. The maximum Gasteiger partial charge on any atom is 0.340 e. The van der Waals surface area contributed by atoms with Gasteiger partial charge >= 0.3 is 5.97 Å². The van der Waals surface area contributed by atoms with Crippen molar-refractivity contribution in [1.29, 1.82) is 0 Å². The Labute approximate surface area is 167 Å². The van der Waals surface area contributed by atoms with E-state index >= 15 is 0 Å². The quantitative estimate of drug-likeness (QED) is 0.239. The molecule has 5 rings (SSSR count). The average Bonchev–Trinajstić information content (AvgIpc) is 2.69. The van der Waals surface area contributed by atoms with Gasteiger partial charge in [0.25, 0.3) is 0 Å². The minimum absolute atomic E-state index is 0.316. The fourth-order valence-electron chi connectivity index (χ4n) is 3.90. The largest absolute Gasteiger partial charge is 0.462 e. The van der Waals surface area contributed by atoms with Crippen molar-refractivity contribution in [3.63, 3.8) is 0 Å². The lowest BCUT2D eigenvalue weighted by Crippen LogP contribution is -2.06. The molecule has 5 aromatic rings. The van der Waals surface area contributed by atoms with Crippen LogP contribution in [-0.4, -0.2) is 12.6 Å². The molecule has 3 heteroatoms. The molecule has 0 aliphatic rings. The number of benzene rings is 5. The first kappa shape index (κ1) is 17.0. The van der Waals surface area contributed by atoms with Crippen LogP contribution < -0.4 is 0 Å². The van der Waals surface area contributed by atoms with E-state index in [9.17, 15) is 4.79 Å². The second kappa shape index (κ2) is 6.50. The van der Waals surface area contributed by atoms with Crippen molar-refractivity contribution in [3.05, 3.63) is 83.4 Å². The summed E-state index contributed by atoms with van der Waals surface area (Å²) in [4.78, 5) is 12.5.